The zero-order chi connectivity index (χ0) is 16.3. The van der Waals surface area contributed by atoms with Crippen LogP contribution in [0.1, 0.15) is 28.5 Å². The van der Waals surface area contributed by atoms with Crippen molar-refractivity contribution in [1.82, 2.24) is 15.5 Å². The summed E-state index contributed by atoms with van der Waals surface area (Å²) in [5.41, 5.74) is 0.586. The fraction of sp³-hybridized carbons (Fsp3) is 0.267. The summed E-state index contributed by atoms with van der Waals surface area (Å²) < 4.78 is 19.6. The average molecular weight is 305 g/mol. The maximum Gasteiger partial charge on any atom is 0.307 e. The van der Waals surface area contributed by atoms with Crippen LogP contribution in [0, 0.1) is 19.7 Å². The summed E-state index contributed by atoms with van der Waals surface area (Å²) >= 11 is 0. The van der Waals surface area contributed by atoms with Crippen molar-refractivity contribution >= 4 is 5.91 Å². The van der Waals surface area contributed by atoms with Crippen molar-refractivity contribution in [3.05, 3.63) is 51.2 Å². The standard InChI is InChI=1S/C15H16FN3O3/c1-4-17-14(20)10-5-8(2)13(11(16)7-10)22-12-6-9(3)18-19-15(12)21/h5-7H,4H2,1-3H3,(H,17,20)(H,19,21). The average Bonchev–Trinajstić information content (AvgIpc) is 2.46. The molecule has 0 atom stereocenters. The first-order chi connectivity index (χ1) is 10.4. The van der Waals surface area contributed by atoms with Gasteiger partial charge in [-0.05, 0) is 38.5 Å². The van der Waals surface area contributed by atoms with Gasteiger partial charge < -0.3 is 10.1 Å². The molecule has 2 rings (SSSR count). The lowest BCUT2D eigenvalue weighted by atomic mass is 10.1. The van der Waals surface area contributed by atoms with Crippen molar-refractivity contribution in [2.45, 2.75) is 20.8 Å². The highest BCUT2D eigenvalue weighted by molar-refractivity contribution is 5.94. The van der Waals surface area contributed by atoms with Gasteiger partial charge in [0, 0.05) is 18.2 Å². The van der Waals surface area contributed by atoms with Gasteiger partial charge in [-0.15, -0.1) is 0 Å². The zero-order valence-electron chi connectivity index (χ0n) is 12.5. The van der Waals surface area contributed by atoms with E-state index >= 15 is 0 Å². The van der Waals surface area contributed by atoms with Crippen molar-refractivity contribution in [1.29, 1.82) is 0 Å². The van der Waals surface area contributed by atoms with E-state index in [4.69, 9.17) is 4.74 Å². The molecule has 0 unspecified atom stereocenters. The SMILES string of the molecule is CCNC(=O)c1cc(C)c(Oc2cc(C)n[nH]c2=O)c(F)c1. The number of aromatic nitrogens is 2. The summed E-state index contributed by atoms with van der Waals surface area (Å²) in [6.07, 6.45) is 0. The third-order valence-corrected chi connectivity index (χ3v) is 2.94. The van der Waals surface area contributed by atoms with Crippen LogP contribution in [0.4, 0.5) is 4.39 Å². The number of rotatable bonds is 4. The van der Waals surface area contributed by atoms with Gasteiger partial charge in [-0.25, -0.2) is 9.49 Å². The van der Waals surface area contributed by atoms with E-state index in [0.29, 0.717) is 17.8 Å². The molecule has 6 nitrogen and oxygen atoms in total. The van der Waals surface area contributed by atoms with Gasteiger partial charge in [-0.1, -0.05) is 0 Å². The van der Waals surface area contributed by atoms with Gasteiger partial charge in [-0.3, -0.25) is 9.59 Å². The number of aryl methyl sites for hydroxylation is 2. The number of carbonyl (C=O) groups is 1. The molecule has 0 aliphatic carbocycles. The molecule has 1 aromatic carbocycles. The second kappa shape index (κ2) is 6.38. The number of aromatic amines is 1. The summed E-state index contributed by atoms with van der Waals surface area (Å²) in [5, 5.41) is 8.57. The zero-order valence-corrected chi connectivity index (χ0v) is 12.5. The van der Waals surface area contributed by atoms with Crippen LogP contribution in [-0.4, -0.2) is 22.6 Å². The van der Waals surface area contributed by atoms with E-state index in [1.165, 1.54) is 12.1 Å². The smallest absolute Gasteiger partial charge is 0.307 e. The molecule has 1 heterocycles. The van der Waals surface area contributed by atoms with Gasteiger partial charge in [0.1, 0.15) is 0 Å². The Morgan fingerprint density at radius 2 is 2.09 bits per heavy atom. The normalized spacial score (nSPS) is 10.4. The van der Waals surface area contributed by atoms with Crippen molar-refractivity contribution < 1.29 is 13.9 Å². The molecule has 2 aromatic rings. The van der Waals surface area contributed by atoms with Crippen molar-refractivity contribution in [3.8, 4) is 11.5 Å². The fourth-order valence-electron chi connectivity index (χ4n) is 1.92. The van der Waals surface area contributed by atoms with Crippen molar-refractivity contribution in [2.24, 2.45) is 0 Å². The number of halogens is 1. The molecule has 0 aliphatic heterocycles. The lowest BCUT2D eigenvalue weighted by molar-refractivity contribution is 0.0955. The molecule has 1 amide bonds. The number of nitrogens with one attached hydrogen (secondary N) is 2. The molecule has 0 saturated heterocycles. The van der Waals surface area contributed by atoms with Crippen LogP contribution in [0.15, 0.2) is 23.0 Å². The Morgan fingerprint density at radius 1 is 1.36 bits per heavy atom. The van der Waals surface area contributed by atoms with Crippen LogP contribution < -0.4 is 15.6 Å². The van der Waals surface area contributed by atoms with Gasteiger partial charge in [0.05, 0.1) is 5.69 Å². The van der Waals surface area contributed by atoms with Gasteiger partial charge in [0.15, 0.2) is 17.3 Å². The number of hydrogen-bond acceptors (Lipinski definition) is 4. The molecule has 0 fully saturated rings. The molecule has 7 heteroatoms. The number of nitrogens with zero attached hydrogens (tertiary/aromatic N) is 1. The Bertz CT molecular complexity index is 748. The Kier molecular flexibility index (Phi) is 4.55. The number of carbonyl (C=O) groups excluding carboxylic acids is 1. The minimum absolute atomic E-state index is 0.0553. The van der Waals surface area contributed by atoms with Crippen molar-refractivity contribution in [2.75, 3.05) is 6.54 Å². The summed E-state index contributed by atoms with van der Waals surface area (Å²) in [4.78, 5) is 23.4. The quantitative estimate of drug-likeness (QED) is 0.905. The highest BCUT2D eigenvalue weighted by Gasteiger charge is 2.15. The number of amides is 1. The largest absolute Gasteiger partial charge is 0.448 e. The molecule has 1 aromatic heterocycles. The Balaban J connectivity index is 2.38. The fourth-order valence-corrected chi connectivity index (χ4v) is 1.92. The van der Waals surface area contributed by atoms with Crippen LogP contribution in [-0.2, 0) is 0 Å². The Hall–Kier alpha value is -2.70. The maximum absolute atomic E-state index is 14.2. The second-order valence-corrected chi connectivity index (χ2v) is 4.77. The Labute approximate surface area is 126 Å². The number of ether oxygens (including phenoxy) is 1. The van der Waals surface area contributed by atoms with Gasteiger partial charge in [-0.2, -0.15) is 5.10 Å². The topological polar surface area (TPSA) is 84.1 Å². The van der Waals surface area contributed by atoms with E-state index in [-0.39, 0.29) is 23.0 Å². The lowest BCUT2D eigenvalue weighted by Gasteiger charge is -2.11. The van der Waals surface area contributed by atoms with E-state index in [2.05, 4.69) is 15.5 Å². The monoisotopic (exact) mass is 305 g/mol. The van der Waals surface area contributed by atoms with Crippen LogP contribution in [0.5, 0.6) is 11.5 Å². The van der Waals surface area contributed by atoms with E-state index < -0.39 is 11.4 Å². The maximum atomic E-state index is 14.2. The first kappa shape index (κ1) is 15.7. The number of benzene rings is 1. The molecule has 0 aliphatic rings. The molecule has 116 valence electrons. The van der Waals surface area contributed by atoms with E-state index in [9.17, 15) is 14.0 Å². The minimum Gasteiger partial charge on any atom is -0.448 e. The van der Waals surface area contributed by atoms with Crippen LogP contribution in [0.3, 0.4) is 0 Å². The molecular formula is C15H16FN3O3. The predicted molar refractivity (Wildman–Crippen MR) is 78.8 cm³/mol. The van der Waals surface area contributed by atoms with E-state index in [0.717, 1.165) is 6.07 Å². The molecule has 2 N–H and O–H groups in total. The predicted octanol–water partition coefficient (Wildman–Crippen LogP) is 2.07. The van der Waals surface area contributed by atoms with Gasteiger partial charge in [0.2, 0.25) is 0 Å². The molecule has 0 spiro atoms. The molecule has 0 saturated carbocycles. The first-order valence-corrected chi connectivity index (χ1v) is 6.75. The summed E-state index contributed by atoms with van der Waals surface area (Å²) in [6.45, 7) is 5.49. The van der Waals surface area contributed by atoms with Gasteiger partial charge >= 0.3 is 5.56 Å². The molecule has 0 bridgehead atoms. The van der Waals surface area contributed by atoms with Crippen LogP contribution in [0.25, 0.3) is 0 Å². The Morgan fingerprint density at radius 3 is 2.73 bits per heavy atom. The van der Waals surface area contributed by atoms with Crippen LogP contribution in [0.2, 0.25) is 0 Å². The minimum atomic E-state index is -0.713. The van der Waals surface area contributed by atoms with Crippen LogP contribution >= 0.6 is 0 Å². The van der Waals surface area contributed by atoms with E-state index in [1.807, 2.05) is 0 Å². The second-order valence-electron chi connectivity index (χ2n) is 4.77. The highest BCUT2D eigenvalue weighted by Crippen LogP contribution is 2.27. The molecule has 22 heavy (non-hydrogen) atoms. The summed E-state index contributed by atoms with van der Waals surface area (Å²) in [7, 11) is 0. The lowest BCUT2D eigenvalue weighted by Crippen LogP contribution is -2.23. The van der Waals surface area contributed by atoms with Gasteiger partial charge in [0.25, 0.3) is 5.91 Å². The van der Waals surface area contributed by atoms with E-state index in [1.54, 1.807) is 20.8 Å². The summed E-state index contributed by atoms with van der Waals surface area (Å²) in [5.74, 6) is -1.23. The number of H-pyrrole nitrogens is 1. The van der Waals surface area contributed by atoms with Crippen molar-refractivity contribution in [3.63, 3.8) is 0 Å². The third-order valence-electron chi connectivity index (χ3n) is 2.94. The molecular weight excluding hydrogens is 289 g/mol. The molecule has 0 radical (unpaired) electrons. The third kappa shape index (κ3) is 3.30. The number of hydrogen-bond donors (Lipinski definition) is 2. The summed E-state index contributed by atoms with van der Waals surface area (Å²) in [6, 6.07) is 4.00. The first-order valence-electron chi connectivity index (χ1n) is 6.75. The highest BCUT2D eigenvalue weighted by atomic mass is 19.1.